The molecule has 3 aromatic rings. The maximum atomic E-state index is 12.4. The average Bonchev–Trinajstić information content (AvgIpc) is 3.45. The van der Waals surface area contributed by atoms with E-state index in [1.165, 1.54) is 5.56 Å². The first-order chi connectivity index (χ1) is 19.9. The number of carboxylic acid groups (broad SMARTS) is 2. The summed E-state index contributed by atoms with van der Waals surface area (Å²) in [6.45, 7) is 1.87. The third-order valence-electron chi connectivity index (χ3n) is 6.61. The van der Waals surface area contributed by atoms with Gasteiger partial charge in [0.25, 0.3) is 0 Å². The molecule has 222 valence electrons. The maximum absolute atomic E-state index is 12.4. The minimum absolute atomic E-state index is 0.0419. The molecular formula is C30H40FN5O5. The fourth-order valence-corrected chi connectivity index (χ4v) is 4.31. The lowest BCUT2D eigenvalue weighted by molar-refractivity contribution is -0.170. The molecule has 1 unspecified atom stereocenters. The number of alkyl halides is 1. The highest BCUT2D eigenvalue weighted by Gasteiger charge is 2.18. The summed E-state index contributed by atoms with van der Waals surface area (Å²) in [7, 11) is 0. The highest BCUT2D eigenvalue weighted by atomic mass is 19.1. The fourth-order valence-electron chi connectivity index (χ4n) is 4.31. The van der Waals surface area contributed by atoms with Crippen LogP contribution in [0, 0.1) is 0 Å². The number of aliphatic carboxylic acids is 2. The molecule has 41 heavy (non-hydrogen) atoms. The summed E-state index contributed by atoms with van der Waals surface area (Å²) < 4.78 is 14.1. The molecule has 0 amide bonds. The van der Waals surface area contributed by atoms with E-state index in [0.717, 1.165) is 42.8 Å². The van der Waals surface area contributed by atoms with Gasteiger partial charge in [0, 0.05) is 19.5 Å². The molecule has 0 aliphatic carbocycles. The summed E-state index contributed by atoms with van der Waals surface area (Å²) in [4.78, 5) is 28.3. The Hall–Kier alpha value is -3.67. The summed E-state index contributed by atoms with van der Waals surface area (Å²) >= 11 is 0. The highest BCUT2D eigenvalue weighted by Crippen LogP contribution is 2.13. The molecule has 10 nitrogen and oxygen atoms in total. The number of hydrogen-bond acceptors (Lipinski definition) is 7. The number of aryl methyl sites for hydroxylation is 2. The van der Waals surface area contributed by atoms with E-state index in [1.807, 2.05) is 53.7 Å². The molecule has 3 N–H and O–H groups in total. The number of aromatic nitrogens is 3. The van der Waals surface area contributed by atoms with Crippen molar-refractivity contribution in [2.24, 2.45) is 0 Å². The van der Waals surface area contributed by atoms with E-state index in [9.17, 15) is 19.1 Å². The molecule has 0 bridgehead atoms. The second kappa shape index (κ2) is 17.9. The number of rotatable bonds is 21. The minimum Gasteiger partial charge on any atom is -0.481 e. The van der Waals surface area contributed by atoms with Gasteiger partial charge in [-0.3, -0.25) is 18.8 Å². The van der Waals surface area contributed by atoms with Crippen molar-refractivity contribution in [2.45, 2.75) is 64.0 Å². The molecule has 1 aromatic heterocycles. The Kier molecular flexibility index (Phi) is 13.9. The van der Waals surface area contributed by atoms with Gasteiger partial charge in [0.05, 0.1) is 30.9 Å². The third-order valence-corrected chi connectivity index (χ3v) is 6.61. The molecule has 0 aliphatic heterocycles. The predicted molar refractivity (Wildman–Crippen MR) is 152 cm³/mol. The molecule has 0 saturated carbocycles. The van der Waals surface area contributed by atoms with Gasteiger partial charge in [0.1, 0.15) is 6.04 Å². The quantitative estimate of drug-likeness (QED) is 0.127. The van der Waals surface area contributed by atoms with Crippen molar-refractivity contribution in [3.05, 3.63) is 77.6 Å². The van der Waals surface area contributed by atoms with E-state index in [2.05, 4.69) is 27.8 Å². The van der Waals surface area contributed by atoms with Crippen LogP contribution in [0.25, 0.3) is 5.69 Å². The van der Waals surface area contributed by atoms with E-state index in [4.69, 9.17) is 9.94 Å². The van der Waals surface area contributed by atoms with Crippen molar-refractivity contribution < 1.29 is 29.0 Å². The number of carbonyl (C=O) groups is 2. The van der Waals surface area contributed by atoms with Crippen molar-refractivity contribution in [3.8, 4) is 5.69 Å². The second-order valence-corrected chi connectivity index (χ2v) is 9.89. The van der Waals surface area contributed by atoms with Gasteiger partial charge in [-0.05, 0) is 74.8 Å². The number of hydroxylamine groups is 2. The number of hydrogen-bond donors (Lipinski definition) is 3. The van der Waals surface area contributed by atoms with Crippen molar-refractivity contribution in [2.75, 3.05) is 26.3 Å². The molecule has 0 fully saturated rings. The number of nitrogens with zero attached hydrogens (tertiary/aromatic N) is 4. The van der Waals surface area contributed by atoms with Gasteiger partial charge >= 0.3 is 11.9 Å². The molecule has 0 spiro atoms. The summed E-state index contributed by atoms with van der Waals surface area (Å²) in [5.41, 5.74) is 3.97. The topological polar surface area (TPSA) is 130 Å². The summed E-state index contributed by atoms with van der Waals surface area (Å²) in [6, 6.07) is 17.2. The number of halogens is 1. The van der Waals surface area contributed by atoms with Gasteiger partial charge in [-0.15, -0.1) is 5.10 Å². The monoisotopic (exact) mass is 569 g/mol. The smallest absolute Gasteiger partial charge is 0.320 e. The number of nitrogens with one attached hydrogen (secondary N) is 1. The van der Waals surface area contributed by atoms with Gasteiger partial charge in [0.2, 0.25) is 0 Å². The standard InChI is InChI=1S/C30H40FN5O5/c31-18-6-11-26-22-36(34-33-26)27-14-12-24(13-15-27)8-4-5-20-35(41-23-25-9-2-1-3-10-25)21-7-19-32-28(30(39)40)16-17-29(37)38/h1-3,9-10,12-15,22,28,32H,4-8,11,16-21,23H2,(H,37,38)(H,39,40). The first kappa shape index (κ1) is 31.9. The van der Waals surface area contributed by atoms with Crippen LogP contribution in [-0.2, 0) is 33.9 Å². The molecule has 3 rings (SSSR count). The van der Waals surface area contributed by atoms with Crippen molar-refractivity contribution in [1.29, 1.82) is 0 Å². The van der Waals surface area contributed by atoms with Gasteiger partial charge in [-0.2, -0.15) is 5.06 Å². The van der Waals surface area contributed by atoms with Gasteiger partial charge < -0.3 is 15.5 Å². The van der Waals surface area contributed by atoms with Crippen molar-refractivity contribution >= 4 is 11.9 Å². The Bertz CT molecular complexity index is 1180. The van der Waals surface area contributed by atoms with E-state index in [0.29, 0.717) is 39.0 Å². The van der Waals surface area contributed by atoms with Crippen LogP contribution in [0.4, 0.5) is 4.39 Å². The molecular weight excluding hydrogens is 529 g/mol. The zero-order chi connectivity index (χ0) is 29.3. The fraction of sp³-hybridized carbons (Fsp3) is 0.467. The molecule has 0 radical (unpaired) electrons. The van der Waals surface area contributed by atoms with Crippen LogP contribution < -0.4 is 5.32 Å². The predicted octanol–water partition coefficient (Wildman–Crippen LogP) is 4.22. The lowest BCUT2D eigenvalue weighted by atomic mass is 10.1. The molecule has 1 atom stereocenters. The lowest BCUT2D eigenvalue weighted by Gasteiger charge is -2.22. The van der Waals surface area contributed by atoms with Gasteiger partial charge in [-0.25, -0.2) is 4.68 Å². The Balaban J connectivity index is 1.44. The van der Waals surface area contributed by atoms with E-state index >= 15 is 0 Å². The molecule has 1 heterocycles. The number of carboxylic acids is 2. The molecule has 0 saturated heterocycles. The zero-order valence-electron chi connectivity index (χ0n) is 23.3. The average molecular weight is 570 g/mol. The Morgan fingerprint density at radius 2 is 1.71 bits per heavy atom. The zero-order valence-corrected chi connectivity index (χ0v) is 23.3. The first-order valence-electron chi connectivity index (χ1n) is 14.1. The van der Waals surface area contributed by atoms with Crippen LogP contribution in [0.2, 0.25) is 0 Å². The maximum Gasteiger partial charge on any atom is 0.320 e. The Labute approximate surface area is 240 Å². The van der Waals surface area contributed by atoms with Crippen molar-refractivity contribution in [3.63, 3.8) is 0 Å². The summed E-state index contributed by atoms with van der Waals surface area (Å²) in [6.07, 6.45) is 6.17. The summed E-state index contributed by atoms with van der Waals surface area (Å²) in [5.74, 6) is -2.05. The molecule has 11 heteroatoms. The van der Waals surface area contributed by atoms with Crippen molar-refractivity contribution in [1.82, 2.24) is 25.4 Å². The largest absolute Gasteiger partial charge is 0.481 e. The third kappa shape index (κ3) is 12.2. The van der Waals surface area contributed by atoms with Gasteiger partial charge in [-0.1, -0.05) is 47.7 Å². The van der Waals surface area contributed by atoms with Crippen LogP contribution in [0.3, 0.4) is 0 Å². The number of benzene rings is 2. The SMILES string of the molecule is O=C(O)CCC(NCCCN(CCCCc1ccc(-n2cc(CCCF)nn2)cc1)OCc1ccccc1)C(=O)O. The Morgan fingerprint density at radius 3 is 2.41 bits per heavy atom. The second-order valence-electron chi connectivity index (χ2n) is 9.89. The lowest BCUT2D eigenvalue weighted by Crippen LogP contribution is -2.39. The van der Waals surface area contributed by atoms with E-state index in [1.54, 1.807) is 4.68 Å². The first-order valence-corrected chi connectivity index (χ1v) is 14.1. The Morgan fingerprint density at radius 1 is 0.951 bits per heavy atom. The summed E-state index contributed by atoms with van der Waals surface area (Å²) in [5, 5.41) is 31.3. The van der Waals surface area contributed by atoms with E-state index in [-0.39, 0.29) is 19.5 Å². The van der Waals surface area contributed by atoms with Crippen LogP contribution in [-0.4, -0.2) is 74.6 Å². The van der Waals surface area contributed by atoms with E-state index < -0.39 is 18.0 Å². The van der Waals surface area contributed by atoms with Gasteiger partial charge in [0.15, 0.2) is 0 Å². The van der Waals surface area contributed by atoms with Crippen LogP contribution in [0.5, 0.6) is 0 Å². The normalized spacial score (nSPS) is 12.0. The van der Waals surface area contributed by atoms with Crippen LogP contribution >= 0.6 is 0 Å². The van der Waals surface area contributed by atoms with Crippen LogP contribution in [0.1, 0.15) is 55.3 Å². The highest BCUT2D eigenvalue weighted by molar-refractivity contribution is 5.75. The minimum atomic E-state index is -1.05. The number of unbranched alkanes of at least 4 members (excludes halogenated alkanes) is 1. The molecule has 0 aliphatic rings. The molecule has 2 aromatic carbocycles. The van der Waals surface area contributed by atoms with Crippen LogP contribution in [0.15, 0.2) is 60.8 Å².